The van der Waals surface area contributed by atoms with Crippen molar-refractivity contribution >= 4 is 17.6 Å². The summed E-state index contributed by atoms with van der Waals surface area (Å²) in [7, 11) is 3.09. The highest BCUT2D eigenvalue weighted by atomic mass is 16.5. The fourth-order valence-corrected chi connectivity index (χ4v) is 1.82. The highest BCUT2D eigenvalue weighted by Gasteiger charge is 2.22. The second kappa shape index (κ2) is 5.08. The largest absolute Gasteiger partial charge is 0.482 e. The van der Waals surface area contributed by atoms with Gasteiger partial charge in [-0.25, -0.2) is 0 Å². The minimum Gasteiger partial charge on any atom is -0.482 e. The Morgan fingerprint density at radius 3 is 3.00 bits per heavy atom. The van der Waals surface area contributed by atoms with Crippen LogP contribution in [0.1, 0.15) is 12.0 Å². The molecule has 0 fully saturated rings. The van der Waals surface area contributed by atoms with Gasteiger partial charge in [-0.3, -0.25) is 9.59 Å². The van der Waals surface area contributed by atoms with E-state index in [0.717, 1.165) is 11.3 Å². The van der Waals surface area contributed by atoms with E-state index in [9.17, 15) is 9.59 Å². The average Bonchev–Trinajstić information content (AvgIpc) is 2.40. The molecule has 0 bridgehead atoms. The number of carbonyl (C=O) groups excluding carboxylic acids is 2. The van der Waals surface area contributed by atoms with Crippen LogP contribution in [0.15, 0.2) is 18.2 Å². The molecular formula is C13H15NO4. The van der Waals surface area contributed by atoms with Gasteiger partial charge in [-0.1, -0.05) is 6.07 Å². The fraction of sp³-hybridized carbons (Fsp3) is 0.385. The van der Waals surface area contributed by atoms with Gasteiger partial charge in [0.05, 0.1) is 12.8 Å². The molecule has 2 rings (SSSR count). The van der Waals surface area contributed by atoms with Crippen molar-refractivity contribution < 1.29 is 19.1 Å². The van der Waals surface area contributed by atoms with Crippen LogP contribution in [0.4, 0.5) is 5.69 Å². The number of hydrogen-bond donors (Lipinski definition) is 0. The van der Waals surface area contributed by atoms with Crippen LogP contribution in [0, 0.1) is 0 Å². The number of ether oxygens (including phenoxy) is 2. The van der Waals surface area contributed by atoms with Crippen LogP contribution in [-0.4, -0.2) is 32.6 Å². The van der Waals surface area contributed by atoms with Gasteiger partial charge in [0.15, 0.2) is 6.61 Å². The highest BCUT2D eigenvalue weighted by molar-refractivity contribution is 5.97. The van der Waals surface area contributed by atoms with Crippen molar-refractivity contribution in [2.45, 2.75) is 12.8 Å². The Balaban J connectivity index is 2.16. The van der Waals surface area contributed by atoms with Crippen LogP contribution in [-0.2, 0) is 20.7 Å². The molecule has 96 valence electrons. The number of amides is 1. The minimum atomic E-state index is -0.242. The second-order valence-corrected chi connectivity index (χ2v) is 4.12. The van der Waals surface area contributed by atoms with Crippen molar-refractivity contribution in [3.8, 4) is 5.75 Å². The van der Waals surface area contributed by atoms with Crippen LogP contribution in [0.25, 0.3) is 0 Å². The van der Waals surface area contributed by atoms with Gasteiger partial charge in [0, 0.05) is 13.5 Å². The van der Waals surface area contributed by atoms with Crippen LogP contribution >= 0.6 is 0 Å². The number of methoxy groups -OCH3 is 1. The summed E-state index contributed by atoms with van der Waals surface area (Å²) in [5.74, 6) is 0.375. The van der Waals surface area contributed by atoms with Crippen molar-refractivity contribution in [3.63, 3.8) is 0 Å². The third-order valence-electron chi connectivity index (χ3n) is 2.96. The fourth-order valence-electron chi connectivity index (χ4n) is 1.82. The first-order valence-electron chi connectivity index (χ1n) is 5.71. The van der Waals surface area contributed by atoms with Gasteiger partial charge in [0.2, 0.25) is 0 Å². The monoisotopic (exact) mass is 249 g/mol. The second-order valence-electron chi connectivity index (χ2n) is 4.12. The maximum atomic E-state index is 11.5. The molecule has 5 nitrogen and oxygen atoms in total. The van der Waals surface area contributed by atoms with E-state index in [4.69, 9.17) is 4.74 Å². The number of carbonyl (C=O) groups is 2. The summed E-state index contributed by atoms with van der Waals surface area (Å²) in [6.45, 7) is 0.0744. The van der Waals surface area contributed by atoms with Gasteiger partial charge in [-0.2, -0.15) is 0 Å². The summed E-state index contributed by atoms with van der Waals surface area (Å²) in [6, 6.07) is 5.59. The lowest BCUT2D eigenvalue weighted by atomic mass is 10.1. The predicted octanol–water partition coefficient (Wildman–Crippen LogP) is 1.15. The van der Waals surface area contributed by atoms with Crippen molar-refractivity contribution in [1.29, 1.82) is 0 Å². The van der Waals surface area contributed by atoms with Crippen molar-refractivity contribution in [2.75, 3.05) is 25.7 Å². The number of esters is 1. The Morgan fingerprint density at radius 2 is 2.28 bits per heavy atom. The molecule has 1 heterocycles. The quantitative estimate of drug-likeness (QED) is 0.754. The molecule has 1 aromatic carbocycles. The van der Waals surface area contributed by atoms with Crippen molar-refractivity contribution in [1.82, 2.24) is 0 Å². The number of nitrogens with zero attached hydrogens (tertiary/aromatic N) is 1. The van der Waals surface area contributed by atoms with E-state index in [0.29, 0.717) is 18.6 Å². The van der Waals surface area contributed by atoms with E-state index in [1.54, 1.807) is 11.9 Å². The first-order chi connectivity index (χ1) is 8.61. The lowest BCUT2D eigenvalue weighted by Gasteiger charge is -2.26. The van der Waals surface area contributed by atoms with Gasteiger partial charge < -0.3 is 14.4 Å². The maximum Gasteiger partial charge on any atom is 0.305 e. The minimum absolute atomic E-state index is 0.0744. The SMILES string of the molecule is COC(=O)CCc1ccc2c(c1)N(C)C(=O)CO2. The average molecular weight is 249 g/mol. The van der Waals surface area contributed by atoms with Crippen LogP contribution in [0.3, 0.4) is 0 Å². The zero-order valence-corrected chi connectivity index (χ0v) is 10.4. The first kappa shape index (κ1) is 12.4. The molecule has 0 radical (unpaired) electrons. The number of benzene rings is 1. The molecule has 0 N–H and O–H groups in total. The Hall–Kier alpha value is -2.04. The Bertz CT molecular complexity index is 484. The number of aryl methyl sites for hydroxylation is 1. The molecule has 18 heavy (non-hydrogen) atoms. The number of anilines is 1. The normalized spacial score (nSPS) is 13.9. The topological polar surface area (TPSA) is 55.8 Å². The summed E-state index contributed by atoms with van der Waals surface area (Å²) >= 11 is 0. The molecule has 0 saturated heterocycles. The number of hydrogen-bond acceptors (Lipinski definition) is 4. The molecule has 0 aromatic heterocycles. The Morgan fingerprint density at radius 1 is 1.50 bits per heavy atom. The van der Waals surface area contributed by atoms with Crippen LogP contribution in [0.2, 0.25) is 0 Å². The smallest absolute Gasteiger partial charge is 0.305 e. The van der Waals surface area contributed by atoms with Gasteiger partial charge >= 0.3 is 5.97 Å². The number of fused-ring (bicyclic) bond motifs is 1. The molecular weight excluding hydrogens is 234 g/mol. The molecule has 5 heteroatoms. The van der Waals surface area contributed by atoms with E-state index in [1.165, 1.54) is 7.11 Å². The lowest BCUT2D eigenvalue weighted by Crippen LogP contribution is -2.35. The predicted molar refractivity (Wildman–Crippen MR) is 65.7 cm³/mol. The summed E-state index contributed by atoms with van der Waals surface area (Å²) in [6.07, 6.45) is 0.912. The van der Waals surface area contributed by atoms with E-state index in [-0.39, 0.29) is 18.5 Å². The van der Waals surface area contributed by atoms with Gasteiger partial charge in [-0.05, 0) is 24.1 Å². The molecule has 1 aliphatic heterocycles. The highest BCUT2D eigenvalue weighted by Crippen LogP contribution is 2.32. The molecule has 0 saturated carbocycles. The van der Waals surface area contributed by atoms with E-state index in [2.05, 4.69) is 4.74 Å². The molecule has 0 atom stereocenters. The van der Waals surface area contributed by atoms with E-state index < -0.39 is 0 Å². The van der Waals surface area contributed by atoms with Crippen molar-refractivity contribution in [3.05, 3.63) is 23.8 Å². The molecule has 1 aliphatic rings. The standard InChI is InChI=1S/C13H15NO4/c1-14-10-7-9(4-6-13(16)17-2)3-5-11(10)18-8-12(14)15/h3,5,7H,4,6,8H2,1-2H3. The van der Waals surface area contributed by atoms with Gasteiger partial charge in [0.1, 0.15) is 5.75 Å². The lowest BCUT2D eigenvalue weighted by molar-refractivity contribution is -0.140. The molecule has 0 aliphatic carbocycles. The van der Waals surface area contributed by atoms with E-state index in [1.807, 2.05) is 18.2 Å². The summed E-state index contributed by atoms with van der Waals surface area (Å²) in [4.78, 5) is 24.2. The van der Waals surface area contributed by atoms with Crippen molar-refractivity contribution in [2.24, 2.45) is 0 Å². The number of likely N-dealkylation sites (N-methyl/N-ethyl adjacent to an activating group) is 1. The molecule has 0 unspecified atom stereocenters. The Labute approximate surface area is 105 Å². The molecule has 0 spiro atoms. The zero-order chi connectivity index (χ0) is 13.1. The first-order valence-corrected chi connectivity index (χ1v) is 5.71. The number of rotatable bonds is 3. The summed E-state index contributed by atoms with van der Waals surface area (Å²) in [5.41, 5.74) is 1.72. The maximum absolute atomic E-state index is 11.5. The Kier molecular flexibility index (Phi) is 3.50. The van der Waals surface area contributed by atoms with Gasteiger partial charge in [-0.15, -0.1) is 0 Å². The van der Waals surface area contributed by atoms with Gasteiger partial charge in [0.25, 0.3) is 5.91 Å². The molecule has 1 aromatic rings. The summed E-state index contributed by atoms with van der Waals surface area (Å²) in [5, 5.41) is 0. The van der Waals surface area contributed by atoms with E-state index >= 15 is 0 Å². The third kappa shape index (κ3) is 2.45. The molecule has 1 amide bonds. The van der Waals surface area contributed by atoms with Crippen LogP contribution in [0.5, 0.6) is 5.75 Å². The summed E-state index contributed by atoms with van der Waals surface area (Å²) < 4.78 is 9.92. The third-order valence-corrected chi connectivity index (χ3v) is 2.96. The van der Waals surface area contributed by atoms with Crippen LogP contribution < -0.4 is 9.64 Å². The zero-order valence-electron chi connectivity index (χ0n) is 10.4.